The molecule has 3 nitrogen and oxygen atoms in total. The van der Waals surface area contributed by atoms with E-state index < -0.39 is 0 Å². The fraction of sp³-hybridized carbons (Fsp3) is 0.357. The van der Waals surface area contributed by atoms with Crippen molar-refractivity contribution in [3.05, 3.63) is 41.2 Å². The van der Waals surface area contributed by atoms with Crippen LogP contribution in [0.15, 0.2) is 30.5 Å². The molecule has 1 unspecified atom stereocenters. The Kier molecular flexibility index (Phi) is 4.50. The molecule has 0 spiro atoms. The van der Waals surface area contributed by atoms with E-state index in [9.17, 15) is 4.39 Å². The number of benzene rings is 1. The first-order valence-corrected chi connectivity index (χ1v) is 7.12. The summed E-state index contributed by atoms with van der Waals surface area (Å²) in [6.07, 6.45) is 1.88. The van der Waals surface area contributed by atoms with Gasteiger partial charge in [0.05, 0.1) is 0 Å². The van der Waals surface area contributed by atoms with Crippen LogP contribution in [0.1, 0.15) is 24.8 Å². The molecule has 0 radical (unpaired) electrons. The van der Waals surface area contributed by atoms with Gasteiger partial charge in [0, 0.05) is 29.9 Å². The lowest BCUT2D eigenvalue weighted by atomic mass is 10.3. The van der Waals surface area contributed by atoms with Crippen LogP contribution >= 0.6 is 11.3 Å². The van der Waals surface area contributed by atoms with Crippen molar-refractivity contribution < 1.29 is 4.39 Å². The molecule has 0 bridgehead atoms. The van der Waals surface area contributed by atoms with Crippen molar-refractivity contribution in [3.63, 3.8) is 0 Å². The van der Waals surface area contributed by atoms with Crippen molar-refractivity contribution in [2.45, 2.75) is 19.9 Å². The number of nitrogens with one attached hydrogen (secondary N) is 1. The molecule has 1 heterocycles. The third kappa shape index (κ3) is 3.30. The van der Waals surface area contributed by atoms with Crippen molar-refractivity contribution in [1.29, 1.82) is 0 Å². The van der Waals surface area contributed by atoms with Crippen molar-refractivity contribution in [2.24, 2.45) is 0 Å². The van der Waals surface area contributed by atoms with Gasteiger partial charge in [0.1, 0.15) is 5.82 Å². The molecule has 0 aliphatic rings. The van der Waals surface area contributed by atoms with Crippen LogP contribution in [0.2, 0.25) is 0 Å². The Hall–Kier alpha value is -1.46. The maximum atomic E-state index is 13.2. The third-order valence-electron chi connectivity index (χ3n) is 2.93. The largest absolute Gasteiger partial charge is 0.321 e. The lowest BCUT2D eigenvalue weighted by Gasteiger charge is -2.15. The smallest absolute Gasteiger partial charge is 0.189 e. The minimum Gasteiger partial charge on any atom is -0.321 e. The quantitative estimate of drug-likeness (QED) is 0.904. The predicted molar refractivity (Wildman–Crippen MR) is 78.7 cm³/mol. The normalized spacial score (nSPS) is 12.4. The Bertz CT molecular complexity index is 541. The van der Waals surface area contributed by atoms with Gasteiger partial charge in [0.25, 0.3) is 0 Å². The highest BCUT2D eigenvalue weighted by Gasteiger charge is 2.12. The predicted octanol–water partition coefficient (Wildman–Crippen LogP) is 3.72. The van der Waals surface area contributed by atoms with Gasteiger partial charge in [-0.2, -0.15) is 0 Å². The number of hydrogen-bond donors (Lipinski definition) is 1. The number of aromatic nitrogens is 1. The summed E-state index contributed by atoms with van der Waals surface area (Å²) in [6.45, 7) is 5.12. The molecule has 0 amide bonds. The van der Waals surface area contributed by atoms with Gasteiger partial charge in [0.15, 0.2) is 5.13 Å². The zero-order chi connectivity index (χ0) is 13.8. The van der Waals surface area contributed by atoms with E-state index in [-0.39, 0.29) is 11.9 Å². The lowest BCUT2D eigenvalue weighted by Crippen LogP contribution is -2.16. The van der Waals surface area contributed by atoms with Crippen molar-refractivity contribution in [3.8, 4) is 0 Å². The minimum absolute atomic E-state index is 0.234. The molecule has 2 rings (SSSR count). The number of rotatable bonds is 5. The number of anilines is 2. The summed E-state index contributed by atoms with van der Waals surface area (Å²) >= 11 is 1.62. The van der Waals surface area contributed by atoms with E-state index in [4.69, 9.17) is 0 Å². The highest BCUT2D eigenvalue weighted by atomic mass is 32.1. The molecule has 1 aromatic carbocycles. The maximum Gasteiger partial charge on any atom is 0.189 e. The summed E-state index contributed by atoms with van der Waals surface area (Å²) in [5.41, 5.74) is 0.803. The molecule has 0 saturated heterocycles. The topological polar surface area (TPSA) is 28.2 Å². The van der Waals surface area contributed by atoms with Gasteiger partial charge in [-0.1, -0.05) is 24.3 Å². The van der Waals surface area contributed by atoms with Crippen LogP contribution in [0.5, 0.6) is 0 Å². The monoisotopic (exact) mass is 279 g/mol. The Morgan fingerprint density at radius 3 is 2.95 bits per heavy atom. The second kappa shape index (κ2) is 6.12. The van der Waals surface area contributed by atoms with Crippen LogP contribution in [0.3, 0.4) is 0 Å². The summed E-state index contributed by atoms with van der Waals surface area (Å²) < 4.78 is 13.2. The summed E-state index contributed by atoms with van der Waals surface area (Å²) in [5, 5.41) is 4.22. The fourth-order valence-electron chi connectivity index (χ4n) is 1.83. The first kappa shape index (κ1) is 14.0. The highest BCUT2D eigenvalue weighted by molar-refractivity contribution is 7.15. The highest BCUT2D eigenvalue weighted by Crippen LogP contribution is 2.30. The van der Waals surface area contributed by atoms with E-state index in [1.165, 1.54) is 17.0 Å². The van der Waals surface area contributed by atoms with Crippen LogP contribution in [-0.4, -0.2) is 18.6 Å². The van der Waals surface area contributed by atoms with E-state index >= 15 is 0 Å². The van der Waals surface area contributed by atoms with Gasteiger partial charge in [-0.3, -0.25) is 0 Å². The van der Waals surface area contributed by atoms with Crippen molar-refractivity contribution >= 4 is 22.2 Å². The van der Waals surface area contributed by atoms with Crippen LogP contribution in [-0.2, 0) is 0 Å². The number of halogens is 1. The number of hydrogen-bond acceptors (Lipinski definition) is 4. The molecule has 102 valence electrons. The van der Waals surface area contributed by atoms with E-state index in [2.05, 4.69) is 24.1 Å². The van der Waals surface area contributed by atoms with Crippen molar-refractivity contribution in [2.75, 3.05) is 18.5 Å². The van der Waals surface area contributed by atoms with E-state index in [0.29, 0.717) is 0 Å². The molecule has 19 heavy (non-hydrogen) atoms. The van der Waals surface area contributed by atoms with Crippen LogP contribution in [0.25, 0.3) is 0 Å². The van der Waals surface area contributed by atoms with Crippen LogP contribution < -0.4 is 10.2 Å². The number of nitrogens with zero attached hydrogens (tertiary/aromatic N) is 2. The van der Waals surface area contributed by atoms with Crippen molar-refractivity contribution in [1.82, 2.24) is 10.3 Å². The SMILES string of the molecule is CCNC(C)c1cnc(N(C)c2cccc(F)c2)s1. The Morgan fingerprint density at radius 1 is 1.47 bits per heavy atom. The molecule has 0 saturated carbocycles. The average Bonchev–Trinajstić information content (AvgIpc) is 2.88. The third-order valence-corrected chi connectivity index (χ3v) is 4.19. The molecule has 2 aromatic rings. The Labute approximate surface area is 117 Å². The molecular formula is C14H18FN3S. The average molecular weight is 279 g/mol. The van der Waals surface area contributed by atoms with Crippen LogP contribution in [0.4, 0.5) is 15.2 Å². The van der Waals surface area contributed by atoms with Crippen LogP contribution in [0, 0.1) is 5.82 Å². The summed E-state index contributed by atoms with van der Waals surface area (Å²) in [5.74, 6) is -0.234. The summed E-state index contributed by atoms with van der Waals surface area (Å²) in [6, 6.07) is 6.82. The molecule has 1 atom stereocenters. The van der Waals surface area contributed by atoms with E-state index in [0.717, 1.165) is 17.4 Å². The Morgan fingerprint density at radius 2 is 2.26 bits per heavy atom. The van der Waals surface area contributed by atoms with Gasteiger partial charge in [0.2, 0.25) is 0 Å². The van der Waals surface area contributed by atoms with Gasteiger partial charge in [-0.25, -0.2) is 9.37 Å². The molecule has 5 heteroatoms. The lowest BCUT2D eigenvalue weighted by molar-refractivity contribution is 0.606. The number of thiazole rings is 1. The van der Waals surface area contributed by atoms with E-state index in [1.54, 1.807) is 17.4 Å². The first-order chi connectivity index (χ1) is 9.11. The standard InChI is InChI=1S/C14H18FN3S/c1-4-16-10(2)13-9-17-14(19-13)18(3)12-7-5-6-11(15)8-12/h5-10,16H,4H2,1-3H3. The molecule has 0 aliphatic carbocycles. The molecule has 0 fully saturated rings. The first-order valence-electron chi connectivity index (χ1n) is 6.30. The van der Waals surface area contributed by atoms with Gasteiger partial charge < -0.3 is 10.2 Å². The second-order valence-corrected chi connectivity index (χ2v) is 5.40. The van der Waals surface area contributed by atoms with Gasteiger partial charge in [-0.15, -0.1) is 0 Å². The zero-order valence-corrected chi connectivity index (χ0v) is 12.2. The molecule has 1 aromatic heterocycles. The fourth-order valence-corrected chi connectivity index (χ4v) is 2.76. The molecule has 0 aliphatic heterocycles. The minimum atomic E-state index is -0.234. The van der Waals surface area contributed by atoms with Gasteiger partial charge in [-0.05, 0) is 31.7 Å². The maximum absolute atomic E-state index is 13.2. The van der Waals surface area contributed by atoms with Gasteiger partial charge >= 0.3 is 0 Å². The zero-order valence-electron chi connectivity index (χ0n) is 11.4. The molecule has 1 N–H and O–H groups in total. The summed E-state index contributed by atoms with van der Waals surface area (Å²) in [7, 11) is 1.90. The molecular weight excluding hydrogens is 261 g/mol. The summed E-state index contributed by atoms with van der Waals surface area (Å²) in [4.78, 5) is 7.49. The Balaban J connectivity index is 2.18. The second-order valence-electron chi connectivity index (χ2n) is 4.36. The van der Waals surface area contributed by atoms with E-state index in [1.807, 2.05) is 24.2 Å².